The number of nitrogens with two attached hydrogens (primary N) is 1. The van der Waals surface area contributed by atoms with Crippen LogP contribution in [0.2, 0.25) is 0 Å². The van der Waals surface area contributed by atoms with Crippen LogP contribution in [-0.4, -0.2) is 19.3 Å². The highest BCUT2D eigenvalue weighted by atomic mass is 16.2. The molecule has 0 unspecified atom stereocenters. The molecule has 0 spiro atoms. The standard InChI is InChI=1S/C13H14N2.CH4O/c1-15-13-4-2-3-11(9-13)10-5-7-12(14)8-6-10;1-2/h2-9,15H,14H2,1H3;2H,1H3. The molecule has 2 aromatic rings. The third-order valence-corrected chi connectivity index (χ3v) is 2.40. The number of aliphatic hydroxyl groups is 1. The lowest BCUT2D eigenvalue weighted by atomic mass is 10.0. The largest absolute Gasteiger partial charge is 0.400 e. The quantitative estimate of drug-likeness (QED) is 0.695. The summed E-state index contributed by atoms with van der Waals surface area (Å²) in [5, 5.41) is 10.1. The van der Waals surface area contributed by atoms with Crippen LogP contribution >= 0.6 is 0 Å². The Morgan fingerprint density at radius 2 is 1.59 bits per heavy atom. The molecule has 0 fully saturated rings. The Kier molecular flexibility index (Phi) is 5.04. The molecule has 90 valence electrons. The summed E-state index contributed by atoms with van der Waals surface area (Å²) in [4.78, 5) is 0. The molecule has 0 radical (unpaired) electrons. The second-order valence-corrected chi connectivity index (χ2v) is 3.45. The molecule has 0 bridgehead atoms. The third kappa shape index (κ3) is 3.50. The fourth-order valence-corrected chi connectivity index (χ4v) is 1.53. The van der Waals surface area contributed by atoms with E-state index in [1.165, 1.54) is 11.1 Å². The number of nitrogens with one attached hydrogen (secondary N) is 1. The monoisotopic (exact) mass is 230 g/mol. The van der Waals surface area contributed by atoms with Crippen LogP contribution in [0.5, 0.6) is 0 Å². The van der Waals surface area contributed by atoms with E-state index in [0.717, 1.165) is 18.5 Å². The van der Waals surface area contributed by atoms with Crippen molar-refractivity contribution in [3.63, 3.8) is 0 Å². The molecule has 3 heteroatoms. The number of benzene rings is 2. The number of aliphatic hydroxyl groups excluding tert-OH is 1. The zero-order valence-electron chi connectivity index (χ0n) is 10.1. The van der Waals surface area contributed by atoms with E-state index in [9.17, 15) is 0 Å². The molecule has 0 saturated heterocycles. The lowest BCUT2D eigenvalue weighted by Crippen LogP contribution is -1.88. The summed E-state index contributed by atoms with van der Waals surface area (Å²) in [7, 11) is 2.92. The molecule has 3 nitrogen and oxygen atoms in total. The van der Waals surface area contributed by atoms with Gasteiger partial charge in [-0.1, -0.05) is 24.3 Å². The predicted molar refractivity (Wildman–Crippen MR) is 74.0 cm³/mol. The molecule has 0 atom stereocenters. The lowest BCUT2D eigenvalue weighted by molar-refractivity contribution is 0.399. The van der Waals surface area contributed by atoms with E-state index in [4.69, 9.17) is 10.8 Å². The third-order valence-electron chi connectivity index (χ3n) is 2.40. The van der Waals surface area contributed by atoms with Crippen LogP contribution in [-0.2, 0) is 0 Å². The fourth-order valence-electron chi connectivity index (χ4n) is 1.53. The predicted octanol–water partition coefficient (Wildman–Crippen LogP) is 2.59. The fraction of sp³-hybridized carbons (Fsp3) is 0.143. The molecule has 2 aromatic carbocycles. The van der Waals surface area contributed by atoms with Gasteiger partial charge in [0.2, 0.25) is 0 Å². The van der Waals surface area contributed by atoms with Gasteiger partial charge in [0.05, 0.1) is 0 Å². The van der Waals surface area contributed by atoms with Gasteiger partial charge in [-0.2, -0.15) is 0 Å². The summed E-state index contributed by atoms with van der Waals surface area (Å²) in [5.41, 5.74) is 9.94. The van der Waals surface area contributed by atoms with Crippen LogP contribution in [0.3, 0.4) is 0 Å². The van der Waals surface area contributed by atoms with Gasteiger partial charge in [0.15, 0.2) is 0 Å². The van der Waals surface area contributed by atoms with Crippen LogP contribution in [0, 0.1) is 0 Å². The molecule has 0 aliphatic carbocycles. The second kappa shape index (κ2) is 6.55. The van der Waals surface area contributed by atoms with Crippen LogP contribution in [0.4, 0.5) is 11.4 Å². The summed E-state index contributed by atoms with van der Waals surface area (Å²) in [6, 6.07) is 16.2. The number of anilines is 2. The van der Waals surface area contributed by atoms with Crippen LogP contribution in [0.25, 0.3) is 11.1 Å². The van der Waals surface area contributed by atoms with E-state index in [1.54, 1.807) is 0 Å². The second-order valence-electron chi connectivity index (χ2n) is 3.45. The number of rotatable bonds is 2. The van der Waals surface area contributed by atoms with Crippen molar-refractivity contribution in [1.29, 1.82) is 0 Å². The highest BCUT2D eigenvalue weighted by Gasteiger charge is 1.97. The first kappa shape index (κ1) is 13.1. The molecule has 0 aliphatic heterocycles. The highest BCUT2D eigenvalue weighted by Crippen LogP contribution is 2.23. The van der Waals surface area contributed by atoms with E-state index in [1.807, 2.05) is 43.4 Å². The first-order valence-corrected chi connectivity index (χ1v) is 5.38. The average molecular weight is 230 g/mol. The topological polar surface area (TPSA) is 58.3 Å². The van der Waals surface area contributed by atoms with Crippen molar-refractivity contribution in [1.82, 2.24) is 0 Å². The van der Waals surface area contributed by atoms with Gasteiger partial charge in [0.1, 0.15) is 0 Å². The van der Waals surface area contributed by atoms with Crippen molar-refractivity contribution in [3.05, 3.63) is 48.5 Å². The number of nitrogen functional groups attached to an aromatic ring is 1. The maximum Gasteiger partial charge on any atom is 0.0343 e. The van der Waals surface area contributed by atoms with Gasteiger partial charge in [-0.3, -0.25) is 0 Å². The number of hydrogen-bond donors (Lipinski definition) is 3. The SMILES string of the molecule is CNc1cccc(-c2ccc(N)cc2)c1.CO. The van der Waals surface area contributed by atoms with E-state index in [2.05, 4.69) is 17.4 Å². The van der Waals surface area contributed by atoms with E-state index >= 15 is 0 Å². The zero-order valence-corrected chi connectivity index (χ0v) is 10.1. The summed E-state index contributed by atoms with van der Waals surface area (Å²) in [6.45, 7) is 0. The first-order valence-electron chi connectivity index (χ1n) is 5.38. The van der Waals surface area contributed by atoms with Crippen molar-refractivity contribution in [3.8, 4) is 11.1 Å². The normalized spacial score (nSPS) is 9.12. The van der Waals surface area contributed by atoms with Gasteiger partial charge in [-0.25, -0.2) is 0 Å². The molecule has 0 amide bonds. The van der Waals surface area contributed by atoms with Crippen LogP contribution in [0.15, 0.2) is 48.5 Å². The van der Waals surface area contributed by atoms with E-state index < -0.39 is 0 Å². The minimum Gasteiger partial charge on any atom is -0.400 e. The molecular formula is C14H18N2O. The Bertz CT molecular complexity index is 452. The molecule has 0 aromatic heterocycles. The summed E-state index contributed by atoms with van der Waals surface area (Å²) >= 11 is 0. The van der Waals surface area contributed by atoms with Gasteiger partial charge in [0.25, 0.3) is 0 Å². The molecule has 2 rings (SSSR count). The molecule has 0 saturated carbocycles. The molecule has 17 heavy (non-hydrogen) atoms. The number of hydrogen-bond acceptors (Lipinski definition) is 3. The van der Waals surface area contributed by atoms with Gasteiger partial charge in [0, 0.05) is 25.5 Å². The first-order chi connectivity index (χ1) is 8.29. The zero-order chi connectivity index (χ0) is 12.7. The van der Waals surface area contributed by atoms with Gasteiger partial charge >= 0.3 is 0 Å². The van der Waals surface area contributed by atoms with Crippen molar-refractivity contribution in [2.45, 2.75) is 0 Å². The Labute approximate surface area is 102 Å². The average Bonchev–Trinajstić information content (AvgIpc) is 2.42. The summed E-state index contributed by atoms with van der Waals surface area (Å²) < 4.78 is 0. The molecular weight excluding hydrogens is 212 g/mol. The van der Waals surface area contributed by atoms with E-state index in [0.29, 0.717) is 0 Å². The summed E-state index contributed by atoms with van der Waals surface area (Å²) in [6.07, 6.45) is 0. The lowest BCUT2D eigenvalue weighted by Gasteiger charge is -2.05. The van der Waals surface area contributed by atoms with Crippen molar-refractivity contribution >= 4 is 11.4 Å². The van der Waals surface area contributed by atoms with Gasteiger partial charge in [-0.15, -0.1) is 0 Å². The Balaban J connectivity index is 0.000000686. The maximum absolute atomic E-state index is 7.00. The minimum atomic E-state index is 0.795. The smallest absolute Gasteiger partial charge is 0.0343 e. The van der Waals surface area contributed by atoms with Crippen molar-refractivity contribution in [2.24, 2.45) is 0 Å². The van der Waals surface area contributed by atoms with Gasteiger partial charge in [-0.05, 0) is 35.4 Å². The van der Waals surface area contributed by atoms with Gasteiger partial charge < -0.3 is 16.2 Å². The Hall–Kier alpha value is -2.00. The highest BCUT2D eigenvalue weighted by molar-refractivity contribution is 5.69. The summed E-state index contributed by atoms with van der Waals surface area (Å²) in [5.74, 6) is 0. The molecule has 0 aliphatic rings. The van der Waals surface area contributed by atoms with Crippen molar-refractivity contribution < 1.29 is 5.11 Å². The maximum atomic E-state index is 7.00. The molecule has 4 N–H and O–H groups in total. The van der Waals surface area contributed by atoms with E-state index in [-0.39, 0.29) is 0 Å². The Morgan fingerprint density at radius 1 is 0.941 bits per heavy atom. The van der Waals surface area contributed by atoms with Crippen molar-refractivity contribution in [2.75, 3.05) is 25.2 Å². The molecule has 0 heterocycles. The Morgan fingerprint density at radius 3 is 2.18 bits per heavy atom. The van der Waals surface area contributed by atoms with Crippen LogP contribution < -0.4 is 11.1 Å². The minimum absolute atomic E-state index is 0.795. The van der Waals surface area contributed by atoms with Crippen LogP contribution in [0.1, 0.15) is 0 Å².